The van der Waals surface area contributed by atoms with E-state index in [-0.39, 0.29) is 13.2 Å². The molecule has 2 N–H and O–H groups in total. The Balaban J connectivity index is 2.47. The minimum absolute atomic E-state index is 0.0243. The smallest absolute Gasteiger partial charge is 0.338 e. The van der Waals surface area contributed by atoms with E-state index in [9.17, 15) is 9.59 Å². The summed E-state index contributed by atoms with van der Waals surface area (Å²) in [6.45, 7) is 4.91. The maximum atomic E-state index is 11.7. The van der Waals surface area contributed by atoms with Gasteiger partial charge in [0.25, 0.3) is 0 Å². The number of nitrogen functional groups attached to an aromatic ring is 1. The Labute approximate surface area is 117 Å². The average Bonchev–Trinajstić information content (AvgIpc) is 2.43. The van der Waals surface area contributed by atoms with E-state index in [0.717, 1.165) is 0 Å². The summed E-state index contributed by atoms with van der Waals surface area (Å²) in [6, 6.07) is 4.56. The molecule has 1 rings (SSSR count). The quantitative estimate of drug-likeness (QED) is 0.368. The Hall–Kier alpha value is -2.50. The number of hydrogen-bond acceptors (Lipinski definition) is 6. The molecule has 0 bridgehead atoms. The highest BCUT2D eigenvalue weighted by Crippen LogP contribution is 2.22. The number of carbonyl (C=O) groups is 2. The third-order valence-corrected chi connectivity index (χ3v) is 2.37. The third-order valence-electron chi connectivity index (χ3n) is 2.37. The van der Waals surface area contributed by atoms with Crippen LogP contribution in [0.3, 0.4) is 0 Å². The molecule has 1 aromatic rings. The molecule has 1 aromatic carbocycles. The fraction of sp³-hybridized carbons (Fsp3) is 0.286. The number of rotatable bonds is 6. The first kappa shape index (κ1) is 15.6. The Bertz CT molecular complexity index is 524. The van der Waals surface area contributed by atoms with Crippen molar-refractivity contribution >= 4 is 17.6 Å². The van der Waals surface area contributed by atoms with Gasteiger partial charge in [0.05, 0.1) is 18.4 Å². The lowest BCUT2D eigenvalue weighted by Crippen LogP contribution is -2.14. The molecule has 0 fully saturated rings. The van der Waals surface area contributed by atoms with E-state index in [1.165, 1.54) is 26.2 Å². The summed E-state index contributed by atoms with van der Waals surface area (Å²) < 4.78 is 14.8. The highest BCUT2D eigenvalue weighted by atomic mass is 16.6. The van der Waals surface area contributed by atoms with Crippen LogP contribution in [0, 0.1) is 0 Å². The van der Waals surface area contributed by atoms with Crippen molar-refractivity contribution in [1.82, 2.24) is 0 Å². The molecule has 6 nitrogen and oxygen atoms in total. The predicted octanol–water partition coefficient (Wildman–Crippen LogP) is 1.55. The number of nitrogens with two attached hydrogens (primary N) is 1. The first-order valence-electron chi connectivity index (χ1n) is 5.89. The van der Waals surface area contributed by atoms with Crippen molar-refractivity contribution in [1.29, 1.82) is 0 Å². The molecule has 0 unspecified atom stereocenters. The van der Waals surface area contributed by atoms with Crippen LogP contribution >= 0.6 is 0 Å². The molecule has 0 radical (unpaired) electrons. The molecule has 0 aromatic heterocycles. The maximum absolute atomic E-state index is 11.7. The summed E-state index contributed by atoms with van der Waals surface area (Å²) >= 11 is 0. The van der Waals surface area contributed by atoms with Crippen LogP contribution in [0.2, 0.25) is 0 Å². The monoisotopic (exact) mass is 279 g/mol. The number of methoxy groups -OCH3 is 1. The van der Waals surface area contributed by atoms with Gasteiger partial charge >= 0.3 is 11.9 Å². The second kappa shape index (κ2) is 7.18. The van der Waals surface area contributed by atoms with Crippen molar-refractivity contribution in [3.63, 3.8) is 0 Å². The fourth-order valence-electron chi connectivity index (χ4n) is 1.31. The lowest BCUT2D eigenvalue weighted by atomic mass is 10.2. The van der Waals surface area contributed by atoms with E-state index in [1.54, 1.807) is 6.07 Å². The second-order valence-corrected chi connectivity index (χ2v) is 4.01. The van der Waals surface area contributed by atoms with Crippen LogP contribution in [0.4, 0.5) is 5.69 Å². The normalized spacial score (nSPS) is 9.70. The molecule has 6 heteroatoms. The molecule has 0 aliphatic heterocycles. The Morgan fingerprint density at radius 1 is 1.25 bits per heavy atom. The van der Waals surface area contributed by atoms with Crippen LogP contribution in [0.15, 0.2) is 30.4 Å². The molecule has 0 saturated heterocycles. The minimum atomic E-state index is -0.547. The van der Waals surface area contributed by atoms with Gasteiger partial charge in [-0.1, -0.05) is 6.58 Å². The molecule has 0 atom stereocenters. The zero-order valence-electron chi connectivity index (χ0n) is 11.5. The van der Waals surface area contributed by atoms with E-state index in [0.29, 0.717) is 22.6 Å². The molecule has 0 aliphatic carbocycles. The van der Waals surface area contributed by atoms with Gasteiger partial charge in [-0.15, -0.1) is 0 Å². The molecule has 0 amide bonds. The molecular formula is C14H17NO5. The third kappa shape index (κ3) is 4.31. The lowest BCUT2D eigenvalue weighted by Gasteiger charge is -2.08. The van der Waals surface area contributed by atoms with Crippen LogP contribution in [-0.4, -0.2) is 32.3 Å². The Morgan fingerprint density at radius 3 is 2.50 bits per heavy atom. The topological polar surface area (TPSA) is 87.9 Å². The first-order chi connectivity index (χ1) is 9.45. The van der Waals surface area contributed by atoms with Crippen molar-refractivity contribution in [3.8, 4) is 5.75 Å². The van der Waals surface area contributed by atoms with Gasteiger partial charge in [-0.05, 0) is 25.1 Å². The fourth-order valence-corrected chi connectivity index (χ4v) is 1.31. The molecule has 0 spiro atoms. The van der Waals surface area contributed by atoms with Crippen LogP contribution in [-0.2, 0) is 14.3 Å². The maximum Gasteiger partial charge on any atom is 0.338 e. The SMILES string of the molecule is C=C(C)C(=O)OCCOC(=O)c1ccc(N)c(OC)c1. The minimum Gasteiger partial charge on any atom is -0.495 e. The van der Waals surface area contributed by atoms with Crippen molar-refractivity contribution in [3.05, 3.63) is 35.9 Å². The summed E-state index contributed by atoms with van der Waals surface area (Å²) in [6.07, 6.45) is 0. The van der Waals surface area contributed by atoms with Crippen LogP contribution < -0.4 is 10.5 Å². The molecular weight excluding hydrogens is 262 g/mol. The largest absolute Gasteiger partial charge is 0.495 e. The molecule has 0 aliphatic rings. The number of ether oxygens (including phenoxy) is 3. The van der Waals surface area contributed by atoms with Crippen molar-refractivity contribution in [2.75, 3.05) is 26.1 Å². The van der Waals surface area contributed by atoms with Gasteiger partial charge in [0.15, 0.2) is 0 Å². The van der Waals surface area contributed by atoms with Crippen molar-refractivity contribution < 1.29 is 23.8 Å². The Kier molecular flexibility index (Phi) is 5.58. The zero-order chi connectivity index (χ0) is 15.1. The summed E-state index contributed by atoms with van der Waals surface area (Å²) in [4.78, 5) is 22.8. The van der Waals surface area contributed by atoms with E-state index < -0.39 is 11.9 Å². The van der Waals surface area contributed by atoms with Gasteiger partial charge in [0.2, 0.25) is 0 Å². The summed E-state index contributed by atoms with van der Waals surface area (Å²) in [7, 11) is 1.46. The summed E-state index contributed by atoms with van der Waals surface area (Å²) in [5, 5.41) is 0. The van der Waals surface area contributed by atoms with E-state index in [1.807, 2.05) is 0 Å². The number of benzene rings is 1. The van der Waals surface area contributed by atoms with Crippen molar-refractivity contribution in [2.45, 2.75) is 6.92 Å². The van der Waals surface area contributed by atoms with Gasteiger partial charge < -0.3 is 19.9 Å². The van der Waals surface area contributed by atoms with Gasteiger partial charge in [-0.3, -0.25) is 0 Å². The predicted molar refractivity (Wildman–Crippen MR) is 73.5 cm³/mol. The van der Waals surface area contributed by atoms with Gasteiger partial charge in [0.1, 0.15) is 19.0 Å². The molecule has 0 saturated carbocycles. The number of esters is 2. The molecule has 0 heterocycles. The number of anilines is 1. The summed E-state index contributed by atoms with van der Waals surface area (Å²) in [5.74, 6) is -0.668. The van der Waals surface area contributed by atoms with Crippen LogP contribution in [0.1, 0.15) is 17.3 Å². The highest BCUT2D eigenvalue weighted by molar-refractivity contribution is 5.90. The Morgan fingerprint density at radius 2 is 1.90 bits per heavy atom. The van der Waals surface area contributed by atoms with Gasteiger partial charge in [0, 0.05) is 5.57 Å². The second-order valence-electron chi connectivity index (χ2n) is 4.01. The van der Waals surface area contributed by atoms with Crippen LogP contribution in [0.5, 0.6) is 5.75 Å². The number of hydrogen-bond donors (Lipinski definition) is 1. The number of carbonyl (C=O) groups excluding carboxylic acids is 2. The van der Waals surface area contributed by atoms with E-state index in [2.05, 4.69) is 6.58 Å². The summed E-state index contributed by atoms with van der Waals surface area (Å²) in [5.41, 5.74) is 6.67. The van der Waals surface area contributed by atoms with Gasteiger partial charge in [-0.25, -0.2) is 9.59 Å². The van der Waals surface area contributed by atoms with Crippen LogP contribution in [0.25, 0.3) is 0 Å². The van der Waals surface area contributed by atoms with E-state index >= 15 is 0 Å². The zero-order valence-corrected chi connectivity index (χ0v) is 11.5. The van der Waals surface area contributed by atoms with Crippen molar-refractivity contribution in [2.24, 2.45) is 0 Å². The highest BCUT2D eigenvalue weighted by Gasteiger charge is 2.10. The molecule has 108 valence electrons. The lowest BCUT2D eigenvalue weighted by molar-refractivity contribution is -0.140. The standard InChI is InChI=1S/C14H17NO5/c1-9(2)13(16)19-6-7-20-14(17)10-4-5-11(15)12(8-10)18-3/h4-5,8H,1,6-7,15H2,2-3H3. The average molecular weight is 279 g/mol. The first-order valence-corrected chi connectivity index (χ1v) is 5.89. The van der Waals surface area contributed by atoms with Gasteiger partial charge in [-0.2, -0.15) is 0 Å². The van der Waals surface area contributed by atoms with E-state index in [4.69, 9.17) is 19.9 Å². The molecule has 20 heavy (non-hydrogen) atoms.